The lowest BCUT2D eigenvalue weighted by Gasteiger charge is -2.30. The number of carbonyl (C=O) groups is 4. The number of aromatic nitrogens is 1. The van der Waals surface area contributed by atoms with Gasteiger partial charge in [-0.05, 0) is 42.4 Å². The van der Waals surface area contributed by atoms with Gasteiger partial charge in [-0.2, -0.15) is 0 Å². The molecule has 1 aliphatic rings. The van der Waals surface area contributed by atoms with Crippen molar-refractivity contribution in [2.24, 2.45) is 11.7 Å². The molecule has 0 radical (unpaired) electrons. The fraction of sp³-hybridized carbons (Fsp3) is 0.419. The van der Waals surface area contributed by atoms with Gasteiger partial charge in [0.15, 0.2) is 0 Å². The number of nitrogens with two attached hydrogens (primary N) is 1. The Kier molecular flexibility index (Phi) is 9.78. The molecule has 0 aliphatic carbocycles. The molecule has 10 nitrogen and oxygen atoms in total. The third-order valence-electron chi connectivity index (χ3n) is 7.96. The number of amides is 3. The number of hydrogen-bond acceptors (Lipinski definition) is 5. The first-order valence-electron chi connectivity index (χ1n) is 14.2. The lowest BCUT2D eigenvalue weighted by Crippen LogP contribution is -2.58. The van der Waals surface area contributed by atoms with Crippen molar-refractivity contribution in [1.82, 2.24) is 20.5 Å². The maximum atomic E-state index is 13.9. The number of carbonyl (C=O) groups excluding carboxylic acids is 3. The molecule has 0 bridgehead atoms. The Balaban J connectivity index is 1.50. The number of hydrogen-bond donors (Lipinski definition) is 5. The van der Waals surface area contributed by atoms with E-state index in [2.05, 4.69) is 15.6 Å². The van der Waals surface area contributed by atoms with Crippen molar-refractivity contribution >= 4 is 34.6 Å². The zero-order valence-corrected chi connectivity index (χ0v) is 23.5. The van der Waals surface area contributed by atoms with Crippen LogP contribution in [0.3, 0.4) is 0 Å². The fourth-order valence-corrected chi connectivity index (χ4v) is 5.39. The van der Waals surface area contributed by atoms with Crippen LogP contribution in [0.2, 0.25) is 0 Å². The smallest absolute Gasteiger partial charge is 0.326 e. The number of aromatic amines is 1. The minimum Gasteiger partial charge on any atom is -0.480 e. The summed E-state index contributed by atoms with van der Waals surface area (Å²) in [7, 11) is 0. The molecule has 2 aromatic carbocycles. The quantitative estimate of drug-likeness (QED) is 0.228. The monoisotopic (exact) mass is 561 g/mol. The van der Waals surface area contributed by atoms with E-state index in [1.165, 1.54) is 4.90 Å². The van der Waals surface area contributed by atoms with Crippen molar-refractivity contribution in [3.63, 3.8) is 0 Å². The second kappa shape index (κ2) is 13.5. The van der Waals surface area contributed by atoms with Crippen LogP contribution in [0.5, 0.6) is 0 Å². The molecular weight excluding hydrogens is 522 g/mol. The van der Waals surface area contributed by atoms with Crippen LogP contribution in [0.4, 0.5) is 0 Å². The number of para-hydroxylation sites is 1. The zero-order valence-electron chi connectivity index (χ0n) is 23.5. The molecule has 1 saturated heterocycles. The third kappa shape index (κ3) is 7.13. The minimum atomic E-state index is -1.11. The van der Waals surface area contributed by atoms with Crippen LogP contribution in [0.15, 0.2) is 60.8 Å². The van der Waals surface area contributed by atoms with Crippen LogP contribution in [0.1, 0.15) is 44.2 Å². The van der Waals surface area contributed by atoms with Crippen molar-refractivity contribution < 1.29 is 24.3 Å². The highest BCUT2D eigenvalue weighted by Crippen LogP contribution is 2.22. The van der Waals surface area contributed by atoms with E-state index in [0.717, 1.165) is 22.0 Å². The molecular formula is C31H39N5O5. The van der Waals surface area contributed by atoms with Crippen LogP contribution < -0.4 is 16.4 Å². The van der Waals surface area contributed by atoms with E-state index in [4.69, 9.17) is 5.73 Å². The summed E-state index contributed by atoms with van der Waals surface area (Å²) in [5.41, 5.74) is 9.02. The molecule has 5 atom stereocenters. The molecule has 3 amide bonds. The highest BCUT2D eigenvalue weighted by Gasteiger charge is 2.39. The molecule has 6 N–H and O–H groups in total. The van der Waals surface area contributed by atoms with Gasteiger partial charge >= 0.3 is 5.97 Å². The molecule has 10 heteroatoms. The van der Waals surface area contributed by atoms with Crippen molar-refractivity contribution in [2.45, 2.75) is 70.1 Å². The second-order valence-electron chi connectivity index (χ2n) is 10.8. The van der Waals surface area contributed by atoms with Crippen LogP contribution >= 0.6 is 0 Å². The second-order valence-corrected chi connectivity index (χ2v) is 10.8. The number of nitrogens with zero attached hydrogens (tertiary/aromatic N) is 1. The van der Waals surface area contributed by atoms with Gasteiger partial charge in [0.1, 0.15) is 18.1 Å². The molecule has 0 saturated carbocycles. The molecule has 1 aliphatic heterocycles. The SMILES string of the molecule is CCC(C)C(NC(=O)C1CCCN1C(=O)C(Cc1ccccc1)NC(=O)C(N)Cc1c[nH]c2ccccc12)C(=O)O. The average molecular weight is 562 g/mol. The lowest BCUT2D eigenvalue weighted by molar-refractivity contribution is -0.146. The van der Waals surface area contributed by atoms with E-state index in [1.54, 1.807) is 6.92 Å². The zero-order chi connectivity index (χ0) is 29.5. The Morgan fingerprint density at radius 2 is 1.76 bits per heavy atom. The van der Waals surface area contributed by atoms with Gasteiger partial charge in [0.2, 0.25) is 17.7 Å². The number of carboxylic acids is 1. The van der Waals surface area contributed by atoms with Gasteiger partial charge in [0.05, 0.1) is 6.04 Å². The first kappa shape index (κ1) is 29.8. The Morgan fingerprint density at radius 1 is 1.05 bits per heavy atom. The summed E-state index contributed by atoms with van der Waals surface area (Å²) >= 11 is 0. The summed E-state index contributed by atoms with van der Waals surface area (Å²) < 4.78 is 0. The number of likely N-dealkylation sites (tertiary alicyclic amines) is 1. The number of nitrogens with one attached hydrogen (secondary N) is 3. The molecule has 0 spiro atoms. The predicted octanol–water partition coefficient (Wildman–Crippen LogP) is 2.37. The molecule has 4 rings (SSSR count). The normalized spacial score (nSPS) is 17.9. The van der Waals surface area contributed by atoms with Crippen LogP contribution in [0.25, 0.3) is 10.9 Å². The molecule has 3 aromatic rings. The molecule has 1 aromatic heterocycles. The van der Waals surface area contributed by atoms with E-state index < -0.39 is 47.9 Å². The summed E-state index contributed by atoms with van der Waals surface area (Å²) in [5, 5.41) is 16.1. The van der Waals surface area contributed by atoms with Crippen LogP contribution in [0, 0.1) is 5.92 Å². The molecule has 41 heavy (non-hydrogen) atoms. The molecule has 218 valence electrons. The Labute approximate surface area is 239 Å². The summed E-state index contributed by atoms with van der Waals surface area (Å²) in [6, 6.07) is 13.4. The highest BCUT2D eigenvalue weighted by molar-refractivity contribution is 5.95. The average Bonchev–Trinajstić information content (AvgIpc) is 3.63. The summed E-state index contributed by atoms with van der Waals surface area (Å²) in [6.07, 6.45) is 3.92. The van der Waals surface area contributed by atoms with Gasteiger partial charge in [-0.25, -0.2) is 4.79 Å². The van der Waals surface area contributed by atoms with E-state index in [1.807, 2.05) is 67.7 Å². The largest absolute Gasteiger partial charge is 0.480 e. The van der Waals surface area contributed by atoms with Crippen molar-refractivity contribution in [1.29, 1.82) is 0 Å². The van der Waals surface area contributed by atoms with Gasteiger partial charge in [-0.1, -0.05) is 68.8 Å². The van der Waals surface area contributed by atoms with Gasteiger partial charge in [0.25, 0.3) is 0 Å². The number of rotatable bonds is 12. The van der Waals surface area contributed by atoms with E-state index in [9.17, 15) is 24.3 Å². The van der Waals surface area contributed by atoms with Crippen molar-refractivity contribution in [2.75, 3.05) is 6.54 Å². The Bertz CT molecular complexity index is 1370. The van der Waals surface area contributed by atoms with Crippen molar-refractivity contribution in [3.05, 3.63) is 71.9 Å². The minimum absolute atomic E-state index is 0.223. The van der Waals surface area contributed by atoms with Crippen LogP contribution in [-0.2, 0) is 32.0 Å². The Morgan fingerprint density at radius 3 is 2.46 bits per heavy atom. The fourth-order valence-electron chi connectivity index (χ4n) is 5.39. The standard InChI is InChI=1S/C31H39N5O5/c1-3-19(2)27(31(40)41)35-29(38)26-14-9-15-36(26)30(39)25(16-20-10-5-4-6-11-20)34-28(37)23(32)17-21-18-33-24-13-8-7-12-22(21)24/h4-8,10-13,18-19,23,25-27,33H,3,9,14-17,32H2,1-2H3,(H,34,37)(H,35,38)(H,40,41). The lowest BCUT2D eigenvalue weighted by atomic mass is 9.98. The third-order valence-corrected chi connectivity index (χ3v) is 7.96. The first-order valence-corrected chi connectivity index (χ1v) is 14.2. The van der Waals surface area contributed by atoms with Gasteiger partial charge in [-0.15, -0.1) is 0 Å². The van der Waals surface area contributed by atoms with Crippen LogP contribution in [-0.4, -0.2) is 69.4 Å². The molecule has 5 unspecified atom stereocenters. The number of fused-ring (bicyclic) bond motifs is 1. The number of benzene rings is 2. The summed E-state index contributed by atoms with van der Waals surface area (Å²) in [6.45, 7) is 3.96. The van der Waals surface area contributed by atoms with E-state index >= 15 is 0 Å². The molecule has 1 fully saturated rings. The summed E-state index contributed by atoms with van der Waals surface area (Å²) in [5.74, 6) is -2.74. The Hall–Kier alpha value is -4.18. The van der Waals surface area contributed by atoms with E-state index in [0.29, 0.717) is 25.8 Å². The van der Waals surface area contributed by atoms with Crippen molar-refractivity contribution in [3.8, 4) is 0 Å². The number of carboxylic acid groups (broad SMARTS) is 1. The van der Waals surface area contributed by atoms with Gasteiger partial charge < -0.3 is 31.4 Å². The topological polar surface area (TPSA) is 158 Å². The number of H-pyrrole nitrogens is 1. The number of aliphatic carboxylic acids is 1. The van der Waals surface area contributed by atoms with Gasteiger partial charge in [-0.3, -0.25) is 14.4 Å². The van der Waals surface area contributed by atoms with Gasteiger partial charge in [0, 0.05) is 30.1 Å². The van der Waals surface area contributed by atoms with E-state index in [-0.39, 0.29) is 18.8 Å². The maximum Gasteiger partial charge on any atom is 0.326 e. The summed E-state index contributed by atoms with van der Waals surface area (Å²) in [4.78, 5) is 56.9. The maximum absolute atomic E-state index is 13.9. The first-order chi connectivity index (χ1) is 19.7. The predicted molar refractivity (Wildman–Crippen MR) is 156 cm³/mol. The molecule has 2 heterocycles. The highest BCUT2D eigenvalue weighted by atomic mass is 16.4.